The summed E-state index contributed by atoms with van der Waals surface area (Å²) in [5, 5.41) is 9.89. The predicted octanol–water partition coefficient (Wildman–Crippen LogP) is 1.26. The number of hydrogen-bond acceptors (Lipinski definition) is 4. The molecule has 1 saturated carbocycles. The average molecular weight is 230 g/mol. The summed E-state index contributed by atoms with van der Waals surface area (Å²) in [6.07, 6.45) is 2.88. The van der Waals surface area contributed by atoms with Crippen molar-refractivity contribution in [3.63, 3.8) is 0 Å². The van der Waals surface area contributed by atoms with Crippen LogP contribution in [-0.2, 0) is 4.74 Å². The van der Waals surface area contributed by atoms with Crippen molar-refractivity contribution in [3.05, 3.63) is 23.5 Å². The van der Waals surface area contributed by atoms with Crippen LogP contribution in [0.4, 0.5) is 0 Å². The Morgan fingerprint density at radius 2 is 2.33 bits per heavy atom. The summed E-state index contributed by atoms with van der Waals surface area (Å²) in [5.74, 6) is 0.599. The Balaban J connectivity index is 1.98. The lowest BCUT2D eigenvalue weighted by Crippen LogP contribution is -2.54. The molecule has 2 rings (SSSR count). The maximum absolute atomic E-state index is 9.36. The molecule has 0 spiro atoms. The zero-order valence-corrected chi connectivity index (χ0v) is 9.02. The number of rotatable bonds is 3. The van der Waals surface area contributed by atoms with Gasteiger partial charge in [-0.3, -0.25) is 4.98 Å². The maximum atomic E-state index is 9.36. The minimum atomic E-state index is -0.438. The van der Waals surface area contributed by atoms with Gasteiger partial charge in [0.15, 0.2) is 0 Å². The summed E-state index contributed by atoms with van der Waals surface area (Å²) < 4.78 is 10.7. The zero-order chi connectivity index (χ0) is 10.8. The number of aliphatic hydroxyl groups excluding tert-OH is 1. The molecule has 5 heteroatoms. The van der Waals surface area contributed by atoms with Gasteiger partial charge in [-0.15, -0.1) is 0 Å². The Kier molecular flexibility index (Phi) is 3.09. The normalized spacial score (nSPS) is 29.7. The highest BCUT2D eigenvalue weighted by molar-refractivity contribution is 6.30. The van der Waals surface area contributed by atoms with Crippen molar-refractivity contribution in [3.8, 4) is 5.75 Å². The summed E-state index contributed by atoms with van der Waals surface area (Å²) >= 11 is 5.77. The van der Waals surface area contributed by atoms with E-state index in [4.69, 9.17) is 21.1 Å². The maximum Gasteiger partial charge on any atom is 0.139 e. The summed E-state index contributed by atoms with van der Waals surface area (Å²) in [5.41, 5.74) is 0. The van der Waals surface area contributed by atoms with Crippen LogP contribution in [0.15, 0.2) is 18.5 Å². The van der Waals surface area contributed by atoms with Crippen LogP contribution in [0.5, 0.6) is 5.75 Å². The third-order valence-corrected chi connectivity index (χ3v) is 2.67. The molecular formula is C10H12ClNO3. The molecule has 1 aliphatic rings. The molecule has 4 nitrogen and oxygen atoms in total. The van der Waals surface area contributed by atoms with Crippen LogP contribution in [0.1, 0.15) is 6.42 Å². The van der Waals surface area contributed by atoms with Gasteiger partial charge in [-0.2, -0.15) is 0 Å². The van der Waals surface area contributed by atoms with Gasteiger partial charge >= 0.3 is 0 Å². The van der Waals surface area contributed by atoms with E-state index in [1.54, 1.807) is 19.4 Å². The molecule has 1 N–H and O–H groups in total. The SMILES string of the molecule is COC1C(O)CC1Oc1cncc(Cl)c1. The summed E-state index contributed by atoms with van der Waals surface area (Å²) in [6, 6.07) is 1.69. The molecule has 0 aliphatic heterocycles. The van der Waals surface area contributed by atoms with Gasteiger partial charge in [0.1, 0.15) is 18.0 Å². The molecule has 3 unspecified atom stereocenters. The van der Waals surface area contributed by atoms with E-state index in [0.717, 1.165) is 0 Å². The van der Waals surface area contributed by atoms with Crippen molar-refractivity contribution in [1.29, 1.82) is 0 Å². The van der Waals surface area contributed by atoms with E-state index >= 15 is 0 Å². The number of nitrogens with zero attached hydrogens (tertiary/aromatic N) is 1. The predicted molar refractivity (Wildman–Crippen MR) is 55.1 cm³/mol. The summed E-state index contributed by atoms with van der Waals surface area (Å²) in [7, 11) is 1.56. The fourth-order valence-electron chi connectivity index (χ4n) is 1.61. The van der Waals surface area contributed by atoms with Crippen LogP contribution in [-0.4, -0.2) is 35.5 Å². The van der Waals surface area contributed by atoms with Gasteiger partial charge in [-0.25, -0.2) is 0 Å². The van der Waals surface area contributed by atoms with Crippen LogP contribution in [0.3, 0.4) is 0 Å². The molecular weight excluding hydrogens is 218 g/mol. The van der Waals surface area contributed by atoms with E-state index in [-0.39, 0.29) is 12.2 Å². The molecule has 1 heterocycles. The van der Waals surface area contributed by atoms with Gasteiger partial charge in [0.05, 0.1) is 17.3 Å². The quantitative estimate of drug-likeness (QED) is 0.848. The van der Waals surface area contributed by atoms with Crippen molar-refractivity contribution in [2.45, 2.75) is 24.7 Å². The highest BCUT2D eigenvalue weighted by atomic mass is 35.5. The fraction of sp³-hybridized carbons (Fsp3) is 0.500. The standard InChI is InChI=1S/C10H12ClNO3/c1-14-10-8(13)3-9(10)15-7-2-6(11)4-12-5-7/h2,4-5,8-10,13H,3H2,1H3. The van der Waals surface area contributed by atoms with E-state index in [9.17, 15) is 5.11 Å². The molecule has 1 aromatic heterocycles. The Labute approximate surface area is 92.8 Å². The molecule has 0 amide bonds. The van der Waals surface area contributed by atoms with Crippen LogP contribution >= 0.6 is 11.6 Å². The minimum absolute atomic E-state index is 0.120. The van der Waals surface area contributed by atoms with Crippen LogP contribution in [0, 0.1) is 0 Å². The molecule has 15 heavy (non-hydrogen) atoms. The topological polar surface area (TPSA) is 51.6 Å². The molecule has 3 atom stereocenters. The largest absolute Gasteiger partial charge is 0.486 e. The van der Waals surface area contributed by atoms with E-state index in [2.05, 4.69) is 4.98 Å². The smallest absolute Gasteiger partial charge is 0.139 e. The second-order valence-corrected chi connectivity index (χ2v) is 3.93. The van der Waals surface area contributed by atoms with Gasteiger partial charge in [0, 0.05) is 25.8 Å². The van der Waals surface area contributed by atoms with Crippen LogP contribution in [0.25, 0.3) is 0 Å². The first-order chi connectivity index (χ1) is 7.20. The Hall–Kier alpha value is -0.840. The molecule has 1 fully saturated rings. The molecule has 1 aliphatic carbocycles. The van der Waals surface area contributed by atoms with Crippen molar-refractivity contribution in [1.82, 2.24) is 4.98 Å². The lowest BCUT2D eigenvalue weighted by Gasteiger charge is -2.39. The Morgan fingerprint density at radius 1 is 1.53 bits per heavy atom. The van der Waals surface area contributed by atoms with Crippen LogP contribution < -0.4 is 4.74 Å². The van der Waals surface area contributed by atoms with Gasteiger partial charge in [0.2, 0.25) is 0 Å². The number of aromatic nitrogens is 1. The van der Waals surface area contributed by atoms with E-state index in [1.807, 2.05) is 0 Å². The fourth-order valence-corrected chi connectivity index (χ4v) is 1.78. The van der Waals surface area contributed by atoms with E-state index in [0.29, 0.717) is 17.2 Å². The number of hydrogen-bond donors (Lipinski definition) is 1. The van der Waals surface area contributed by atoms with Crippen molar-refractivity contribution < 1.29 is 14.6 Å². The van der Waals surface area contributed by atoms with Crippen molar-refractivity contribution in [2.75, 3.05) is 7.11 Å². The van der Waals surface area contributed by atoms with Crippen LogP contribution in [0.2, 0.25) is 5.02 Å². The van der Waals surface area contributed by atoms with Gasteiger partial charge in [-0.05, 0) is 0 Å². The van der Waals surface area contributed by atoms with E-state index < -0.39 is 6.10 Å². The Morgan fingerprint density at radius 3 is 2.93 bits per heavy atom. The molecule has 82 valence electrons. The van der Waals surface area contributed by atoms with Crippen molar-refractivity contribution >= 4 is 11.6 Å². The third-order valence-electron chi connectivity index (χ3n) is 2.46. The van der Waals surface area contributed by atoms with Gasteiger partial charge < -0.3 is 14.6 Å². The molecule has 0 saturated heterocycles. The van der Waals surface area contributed by atoms with Gasteiger partial charge in [-0.1, -0.05) is 11.6 Å². The summed E-state index contributed by atoms with van der Waals surface area (Å²) in [4.78, 5) is 3.91. The Bertz CT molecular complexity index is 347. The van der Waals surface area contributed by atoms with Crippen molar-refractivity contribution in [2.24, 2.45) is 0 Å². The zero-order valence-electron chi connectivity index (χ0n) is 8.26. The number of pyridine rings is 1. The monoisotopic (exact) mass is 229 g/mol. The molecule has 0 aromatic carbocycles. The second kappa shape index (κ2) is 4.35. The molecule has 0 bridgehead atoms. The molecule has 1 aromatic rings. The van der Waals surface area contributed by atoms with E-state index in [1.165, 1.54) is 6.20 Å². The highest BCUT2D eigenvalue weighted by Crippen LogP contribution is 2.28. The number of halogens is 1. The number of ether oxygens (including phenoxy) is 2. The average Bonchev–Trinajstić information content (AvgIpc) is 2.17. The number of methoxy groups -OCH3 is 1. The molecule has 0 radical (unpaired) electrons. The van der Waals surface area contributed by atoms with Gasteiger partial charge in [0.25, 0.3) is 0 Å². The second-order valence-electron chi connectivity index (χ2n) is 3.50. The first-order valence-electron chi connectivity index (χ1n) is 4.69. The summed E-state index contributed by atoms with van der Waals surface area (Å²) in [6.45, 7) is 0. The third kappa shape index (κ3) is 2.22. The lowest BCUT2D eigenvalue weighted by atomic mass is 9.88. The first-order valence-corrected chi connectivity index (χ1v) is 5.06. The first kappa shape index (κ1) is 10.7. The number of aliphatic hydroxyl groups is 1. The minimum Gasteiger partial charge on any atom is -0.486 e. The highest BCUT2D eigenvalue weighted by Gasteiger charge is 2.42. The lowest BCUT2D eigenvalue weighted by molar-refractivity contribution is -0.149.